The maximum absolute atomic E-state index is 12.4. The summed E-state index contributed by atoms with van der Waals surface area (Å²) in [7, 11) is 0. The molecule has 1 aliphatic heterocycles. The maximum Gasteiger partial charge on any atom is 0.493 e. The zero-order valence-electron chi connectivity index (χ0n) is 12.8. The summed E-state index contributed by atoms with van der Waals surface area (Å²) in [5.74, 6) is -3.18. The lowest BCUT2D eigenvalue weighted by Crippen LogP contribution is -2.42. The van der Waals surface area contributed by atoms with Crippen LogP contribution in [-0.2, 0) is 16.1 Å². The Morgan fingerprint density at radius 1 is 1.36 bits per heavy atom. The zero-order valence-corrected chi connectivity index (χ0v) is 12.8. The van der Waals surface area contributed by atoms with Crippen LogP contribution in [0.3, 0.4) is 0 Å². The molecule has 0 fully saturated rings. The molecule has 0 bridgehead atoms. The van der Waals surface area contributed by atoms with E-state index in [1.54, 1.807) is 6.07 Å². The zero-order chi connectivity index (χ0) is 18.6. The van der Waals surface area contributed by atoms with Crippen LogP contribution in [0.15, 0.2) is 30.1 Å². The molecule has 2 N–H and O–H groups in total. The highest BCUT2D eigenvalue weighted by molar-refractivity contribution is 5.97. The lowest BCUT2D eigenvalue weighted by molar-refractivity contribution is -0.228. The molecule has 2 rings (SSSR count). The van der Waals surface area contributed by atoms with Gasteiger partial charge in [-0.2, -0.15) is 18.2 Å². The van der Waals surface area contributed by atoms with Crippen LogP contribution in [0.2, 0.25) is 0 Å². The highest BCUT2D eigenvalue weighted by atomic mass is 19.4. The van der Waals surface area contributed by atoms with Crippen LogP contribution >= 0.6 is 0 Å². The first-order chi connectivity index (χ1) is 11.8. The van der Waals surface area contributed by atoms with Gasteiger partial charge in [0.1, 0.15) is 12.4 Å². The van der Waals surface area contributed by atoms with Gasteiger partial charge in [-0.15, -0.1) is 0 Å². The first-order valence-electron chi connectivity index (χ1n) is 7.11. The molecule has 1 aromatic carbocycles. The van der Waals surface area contributed by atoms with Crippen LogP contribution in [-0.4, -0.2) is 42.8 Å². The number of rotatable bonds is 5. The number of carbonyl (C=O) groups excluding carboxylic acids is 2. The molecule has 10 heteroatoms. The molecule has 0 unspecified atom stereocenters. The maximum atomic E-state index is 12.4. The quantitative estimate of drug-likeness (QED) is 0.809. The molecule has 0 saturated carbocycles. The van der Waals surface area contributed by atoms with Crippen LogP contribution in [0, 0.1) is 0 Å². The first kappa shape index (κ1) is 18.7. The SMILES string of the molecule is NC/C(=C\F)COc1ccc2c(c1)C(=O)N(OC(=O)C(F)(F)F)CC2. The van der Waals surface area contributed by atoms with Crippen molar-refractivity contribution in [2.24, 2.45) is 5.73 Å². The van der Waals surface area contributed by atoms with Gasteiger partial charge in [0.2, 0.25) is 0 Å². The average Bonchev–Trinajstić information content (AvgIpc) is 2.57. The molecule has 136 valence electrons. The van der Waals surface area contributed by atoms with Gasteiger partial charge in [0.25, 0.3) is 5.91 Å². The molecule has 6 nitrogen and oxygen atoms in total. The molecule has 1 heterocycles. The number of carbonyl (C=O) groups is 2. The second-order valence-electron chi connectivity index (χ2n) is 5.11. The number of benzene rings is 1. The van der Waals surface area contributed by atoms with Crippen molar-refractivity contribution in [2.45, 2.75) is 12.6 Å². The summed E-state index contributed by atoms with van der Waals surface area (Å²) in [6, 6.07) is 4.39. The molecule has 25 heavy (non-hydrogen) atoms. The van der Waals surface area contributed by atoms with Gasteiger partial charge in [-0.3, -0.25) is 4.79 Å². The van der Waals surface area contributed by atoms with Crippen molar-refractivity contribution in [3.05, 3.63) is 41.2 Å². The molecule has 0 spiro atoms. The average molecular weight is 362 g/mol. The largest absolute Gasteiger partial charge is 0.493 e. The summed E-state index contributed by atoms with van der Waals surface area (Å²) in [4.78, 5) is 27.2. The van der Waals surface area contributed by atoms with Crippen molar-refractivity contribution in [1.82, 2.24) is 5.06 Å². The Bertz CT molecular complexity index is 703. The fraction of sp³-hybridized carbons (Fsp3) is 0.333. The molecule has 0 aromatic heterocycles. The Labute approximate surface area is 139 Å². The van der Waals surface area contributed by atoms with Crippen molar-refractivity contribution < 1.29 is 36.7 Å². The molecule has 0 radical (unpaired) electrons. The minimum absolute atomic E-state index is 0.0391. The van der Waals surface area contributed by atoms with E-state index in [0.29, 0.717) is 17.0 Å². The third-order valence-corrected chi connectivity index (χ3v) is 3.39. The number of nitrogens with zero attached hydrogens (tertiary/aromatic N) is 1. The third kappa shape index (κ3) is 4.47. The number of fused-ring (bicyclic) bond motifs is 1. The molecular weight excluding hydrogens is 348 g/mol. The Morgan fingerprint density at radius 2 is 2.08 bits per heavy atom. The predicted molar refractivity (Wildman–Crippen MR) is 77.1 cm³/mol. The smallest absolute Gasteiger partial charge is 0.489 e. The van der Waals surface area contributed by atoms with E-state index in [0.717, 1.165) is 0 Å². The predicted octanol–water partition coefficient (Wildman–Crippen LogP) is 1.90. The molecule has 1 aliphatic rings. The molecule has 1 amide bonds. The van der Waals surface area contributed by atoms with E-state index in [1.165, 1.54) is 12.1 Å². The number of halogens is 4. The van der Waals surface area contributed by atoms with E-state index in [4.69, 9.17) is 10.5 Å². The van der Waals surface area contributed by atoms with Gasteiger partial charge in [-0.25, -0.2) is 9.18 Å². The fourth-order valence-electron chi connectivity index (χ4n) is 2.07. The van der Waals surface area contributed by atoms with Crippen molar-refractivity contribution in [3.8, 4) is 5.75 Å². The van der Waals surface area contributed by atoms with Gasteiger partial charge < -0.3 is 15.3 Å². The Hall–Kier alpha value is -2.62. The number of ether oxygens (including phenoxy) is 1. The highest BCUT2D eigenvalue weighted by Gasteiger charge is 2.44. The van der Waals surface area contributed by atoms with Crippen molar-refractivity contribution in [2.75, 3.05) is 19.7 Å². The number of alkyl halides is 3. The fourth-order valence-corrected chi connectivity index (χ4v) is 2.07. The Balaban J connectivity index is 2.13. The number of hydroxylamine groups is 2. The number of hydrogen-bond donors (Lipinski definition) is 1. The molecule has 0 atom stereocenters. The summed E-state index contributed by atoms with van der Waals surface area (Å²) in [6.07, 6.45) is -4.70. The van der Waals surface area contributed by atoms with E-state index >= 15 is 0 Å². The van der Waals surface area contributed by atoms with E-state index < -0.39 is 18.1 Å². The molecule has 0 saturated heterocycles. The van der Waals surface area contributed by atoms with Crippen molar-refractivity contribution >= 4 is 11.9 Å². The van der Waals surface area contributed by atoms with Gasteiger partial charge >= 0.3 is 12.1 Å². The van der Waals surface area contributed by atoms with Gasteiger partial charge in [-0.05, 0) is 24.1 Å². The monoisotopic (exact) mass is 362 g/mol. The van der Waals surface area contributed by atoms with Gasteiger partial charge in [-0.1, -0.05) is 6.07 Å². The topological polar surface area (TPSA) is 81.9 Å². The van der Waals surface area contributed by atoms with Crippen LogP contribution in [0.5, 0.6) is 5.75 Å². The van der Waals surface area contributed by atoms with Crippen LogP contribution in [0.25, 0.3) is 0 Å². The Morgan fingerprint density at radius 3 is 2.68 bits per heavy atom. The van der Waals surface area contributed by atoms with Crippen LogP contribution < -0.4 is 10.5 Å². The van der Waals surface area contributed by atoms with Gasteiger partial charge in [0.15, 0.2) is 0 Å². The minimum Gasteiger partial charge on any atom is -0.489 e. The summed E-state index contributed by atoms with van der Waals surface area (Å²) in [5.41, 5.74) is 6.08. The minimum atomic E-state index is -5.21. The van der Waals surface area contributed by atoms with E-state index in [9.17, 15) is 27.2 Å². The summed E-state index contributed by atoms with van der Waals surface area (Å²) >= 11 is 0. The van der Waals surface area contributed by atoms with Crippen LogP contribution in [0.1, 0.15) is 15.9 Å². The first-order valence-corrected chi connectivity index (χ1v) is 7.11. The lowest BCUT2D eigenvalue weighted by atomic mass is 10.00. The van der Waals surface area contributed by atoms with Gasteiger partial charge in [0.05, 0.1) is 12.9 Å². The van der Waals surface area contributed by atoms with E-state index in [1.807, 2.05) is 0 Å². The molecule has 0 aliphatic carbocycles. The highest BCUT2D eigenvalue weighted by Crippen LogP contribution is 2.26. The third-order valence-electron chi connectivity index (χ3n) is 3.39. The van der Waals surface area contributed by atoms with E-state index in [-0.39, 0.29) is 43.0 Å². The number of nitrogens with two attached hydrogens (primary N) is 1. The normalized spacial score (nSPS) is 15.0. The molecular formula is C15H14F4N2O4. The second kappa shape index (κ2) is 7.51. The molecule has 1 aromatic rings. The van der Waals surface area contributed by atoms with Crippen LogP contribution in [0.4, 0.5) is 17.6 Å². The van der Waals surface area contributed by atoms with Crippen molar-refractivity contribution in [3.63, 3.8) is 0 Å². The van der Waals surface area contributed by atoms with E-state index in [2.05, 4.69) is 4.84 Å². The number of hydrogen-bond acceptors (Lipinski definition) is 5. The van der Waals surface area contributed by atoms with Gasteiger partial charge in [0, 0.05) is 17.7 Å². The lowest BCUT2D eigenvalue weighted by Gasteiger charge is -2.27. The second-order valence-corrected chi connectivity index (χ2v) is 5.11. The van der Waals surface area contributed by atoms with Crippen molar-refractivity contribution in [1.29, 1.82) is 0 Å². The summed E-state index contributed by atoms with van der Waals surface area (Å²) < 4.78 is 54.5. The summed E-state index contributed by atoms with van der Waals surface area (Å²) in [6.45, 7) is -0.399. The standard InChI is InChI=1S/C15H14F4N2O4/c16-6-9(7-20)8-24-11-2-1-10-3-4-21(13(22)12(10)5-11)25-14(23)15(17,18)19/h1-2,5-6H,3-4,7-8,20H2/b9-6+. The summed E-state index contributed by atoms with van der Waals surface area (Å²) in [5, 5.41) is 0.356. The number of amides is 1. The Kier molecular flexibility index (Phi) is 5.62.